The Balaban J connectivity index is 1.98. The van der Waals surface area contributed by atoms with E-state index in [4.69, 9.17) is 22.0 Å². The van der Waals surface area contributed by atoms with Crippen LogP contribution in [0.5, 0.6) is 0 Å². The molecule has 0 aliphatic heterocycles. The van der Waals surface area contributed by atoms with Crippen LogP contribution in [0.15, 0.2) is 0 Å². The predicted octanol–water partition coefficient (Wildman–Crippen LogP) is -0.724. The molecule has 0 saturated heterocycles. The zero-order chi connectivity index (χ0) is 14.0. The summed E-state index contributed by atoms with van der Waals surface area (Å²) in [5, 5.41) is 31.2. The zero-order valence-electron chi connectivity index (χ0n) is 9.65. The fourth-order valence-corrected chi connectivity index (χ4v) is 2.68. The number of carboxylic acids is 2. The van der Waals surface area contributed by atoms with Crippen molar-refractivity contribution in [1.29, 1.82) is 0 Å². The molecule has 1 fully saturated rings. The third kappa shape index (κ3) is 2.82. The number of nitrogens with one attached hydrogen (secondary N) is 2. The second-order valence-electron chi connectivity index (χ2n) is 4.40. The van der Waals surface area contributed by atoms with E-state index in [9.17, 15) is 9.59 Å². The Hall–Kier alpha value is -1.74. The molecule has 4 atom stereocenters. The van der Waals surface area contributed by atoms with E-state index in [1.165, 1.54) is 0 Å². The van der Waals surface area contributed by atoms with Gasteiger partial charge in [0.15, 0.2) is 5.82 Å². The summed E-state index contributed by atoms with van der Waals surface area (Å²) in [6.07, 6.45) is 0.916. The molecule has 4 N–H and O–H groups in total. The monoisotopic (exact) mass is 289 g/mol. The highest BCUT2D eigenvalue weighted by molar-refractivity contribution is 6.15. The first-order valence-corrected chi connectivity index (χ1v) is 5.98. The van der Waals surface area contributed by atoms with E-state index in [-0.39, 0.29) is 5.92 Å². The van der Waals surface area contributed by atoms with Crippen LogP contribution >= 0.6 is 11.8 Å². The second kappa shape index (κ2) is 5.49. The number of aromatic nitrogens is 4. The quantitative estimate of drug-likeness (QED) is 0.482. The molecule has 1 heterocycles. The maximum atomic E-state index is 11.1. The molecule has 0 bridgehead atoms. The van der Waals surface area contributed by atoms with E-state index in [1.54, 1.807) is 0 Å². The third-order valence-corrected chi connectivity index (χ3v) is 3.61. The molecule has 1 aromatic heterocycles. The molecule has 0 radical (unpaired) electrons. The summed E-state index contributed by atoms with van der Waals surface area (Å²) >= 11 is 5.37. The molecule has 0 spiro atoms. The van der Waals surface area contributed by atoms with Gasteiger partial charge in [-0.1, -0.05) is 5.21 Å². The molecular formula is C9H12ClN5O4. The SMILES string of the molecule is O=C(O)C(NCl)C1C(CCc2nn[nH]n2)C1C(=O)O. The Labute approximate surface area is 112 Å². The molecule has 10 heteroatoms. The lowest BCUT2D eigenvalue weighted by Crippen LogP contribution is -2.34. The summed E-state index contributed by atoms with van der Waals surface area (Å²) < 4.78 is 0. The molecule has 4 unspecified atom stereocenters. The van der Waals surface area contributed by atoms with Gasteiger partial charge >= 0.3 is 11.9 Å². The van der Waals surface area contributed by atoms with Crippen LogP contribution in [0.2, 0.25) is 0 Å². The summed E-state index contributed by atoms with van der Waals surface area (Å²) in [6, 6.07) is -1.07. The highest BCUT2D eigenvalue weighted by atomic mass is 35.5. The number of hydrogen-bond acceptors (Lipinski definition) is 6. The summed E-state index contributed by atoms with van der Waals surface area (Å²) in [4.78, 5) is 24.2. The van der Waals surface area contributed by atoms with Crippen molar-refractivity contribution in [2.75, 3.05) is 0 Å². The molecule has 9 nitrogen and oxygen atoms in total. The molecule has 1 aliphatic carbocycles. The average Bonchev–Trinajstić information content (AvgIpc) is 2.82. The highest BCUT2D eigenvalue weighted by Gasteiger charge is 2.59. The maximum absolute atomic E-state index is 11.1. The Morgan fingerprint density at radius 1 is 1.47 bits per heavy atom. The zero-order valence-corrected chi connectivity index (χ0v) is 10.4. The van der Waals surface area contributed by atoms with Crippen LogP contribution in [0.1, 0.15) is 12.2 Å². The van der Waals surface area contributed by atoms with Gasteiger partial charge < -0.3 is 10.2 Å². The highest BCUT2D eigenvalue weighted by Crippen LogP contribution is 2.51. The van der Waals surface area contributed by atoms with Crippen LogP contribution < -0.4 is 4.84 Å². The normalized spacial score (nSPS) is 26.9. The van der Waals surface area contributed by atoms with Gasteiger partial charge in [-0.3, -0.25) is 9.59 Å². The fourth-order valence-electron chi connectivity index (χ4n) is 2.44. The maximum Gasteiger partial charge on any atom is 0.322 e. The van der Waals surface area contributed by atoms with E-state index in [0.717, 1.165) is 0 Å². The molecule has 104 valence electrons. The second-order valence-corrected chi connectivity index (χ2v) is 4.62. The number of aromatic amines is 1. The first-order valence-electron chi connectivity index (χ1n) is 5.60. The van der Waals surface area contributed by atoms with Gasteiger partial charge in [0.05, 0.1) is 5.92 Å². The van der Waals surface area contributed by atoms with Crippen LogP contribution in [-0.4, -0.2) is 48.8 Å². The first-order chi connectivity index (χ1) is 9.06. The van der Waals surface area contributed by atoms with Crippen molar-refractivity contribution in [3.8, 4) is 0 Å². The van der Waals surface area contributed by atoms with Gasteiger partial charge in [-0.25, -0.2) is 4.84 Å². The molecule has 0 aromatic carbocycles. The lowest BCUT2D eigenvalue weighted by molar-refractivity contribution is -0.140. The number of H-pyrrole nitrogens is 1. The minimum atomic E-state index is -1.16. The first kappa shape index (κ1) is 13.7. The number of carbonyl (C=O) groups is 2. The molecule has 1 saturated carbocycles. The molecule has 0 amide bonds. The standard InChI is InChI=1S/C9H12ClN5O4/c10-11-7(9(18)19)5-3(6(5)8(16)17)1-2-4-12-14-15-13-4/h3,5-7,11H,1-2H2,(H,16,17)(H,18,19)(H,12,13,14,15). The van der Waals surface area contributed by atoms with E-state index < -0.39 is 29.8 Å². The van der Waals surface area contributed by atoms with E-state index >= 15 is 0 Å². The van der Waals surface area contributed by atoms with Crippen LogP contribution in [0.3, 0.4) is 0 Å². The van der Waals surface area contributed by atoms with Gasteiger partial charge in [0, 0.05) is 12.3 Å². The van der Waals surface area contributed by atoms with E-state index in [0.29, 0.717) is 18.7 Å². The largest absolute Gasteiger partial charge is 0.481 e. The molecule has 2 rings (SSSR count). The minimum Gasteiger partial charge on any atom is -0.481 e. The van der Waals surface area contributed by atoms with Crippen molar-refractivity contribution in [2.24, 2.45) is 17.8 Å². The van der Waals surface area contributed by atoms with Crippen LogP contribution in [0.25, 0.3) is 0 Å². The van der Waals surface area contributed by atoms with Crippen LogP contribution in [0.4, 0.5) is 0 Å². The predicted molar refractivity (Wildman–Crippen MR) is 61.0 cm³/mol. The smallest absolute Gasteiger partial charge is 0.322 e. The number of aryl methyl sites for hydroxylation is 1. The van der Waals surface area contributed by atoms with Gasteiger partial charge in [0.2, 0.25) is 0 Å². The Morgan fingerprint density at radius 2 is 2.21 bits per heavy atom. The van der Waals surface area contributed by atoms with Crippen molar-refractivity contribution in [3.63, 3.8) is 0 Å². The van der Waals surface area contributed by atoms with Crippen LogP contribution in [0, 0.1) is 17.8 Å². The minimum absolute atomic E-state index is 0.261. The number of nitrogens with zero attached hydrogens (tertiary/aromatic N) is 3. The number of aliphatic carboxylic acids is 2. The molecular weight excluding hydrogens is 278 g/mol. The summed E-state index contributed by atoms with van der Waals surface area (Å²) in [6.45, 7) is 0. The molecule has 1 aromatic rings. The lowest BCUT2D eigenvalue weighted by atomic mass is 10.1. The summed E-state index contributed by atoms with van der Waals surface area (Å²) in [7, 11) is 0. The summed E-state index contributed by atoms with van der Waals surface area (Å²) in [5.74, 6) is -3.20. The van der Waals surface area contributed by atoms with E-state index in [2.05, 4.69) is 25.5 Å². The average molecular weight is 290 g/mol. The van der Waals surface area contributed by atoms with Crippen molar-refractivity contribution < 1.29 is 19.8 Å². The molecule has 19 heavy (non-hydrogen) atoms. The number of rotatable bonds is 7. The van der Waals surface area contributed by atoms with Crippen molar-refractivity contribution in [1.82, 2.24) is 25.5 Å². The van der Waals surface area contributed by atoms with Crippen molar-refractivity contribution in [2.45, 2.75) is 18.9 Å². The van der Waals surface area contributed by atoms with Gasteiger partial charge in [0.25, 0.3) is 0 Å². The topological polar surface area (TPSA) is 141 Å². The Bertz CT molecular complexity index is 467. The summed E-state index contributed by atoms with van der Waals surface area (Å²) in [5.41, 5.74) is 0. The number of tetrazole rings is 1. The Kier molecular flexibility index (Phi) is 3.96. The fraction of sp³-hybridized carbons (Fsp3) is 0.667. The molecule has 1 aliphatic rings. The van der Waals surface area contributed by atoms with Gasteiger partial charge in [0.1, 0.15) is 6.04 Å². The third-order valence-electron chi connectivity index (χ3n) is 3.37. The lowest BCUT2D eigenvalue weighted by Gasteiger charge is -2.08. The number of carboxylic acid groups (broad SMARTS) is 2. The number of halogens is 1. The van der Waals surface area contributed by atoms with Crippen molar-refractivity contribution >= 4 is 23.7 Å². The van der Waals surface area contributed by atoms with E-state index in [1.807, 2.05) is 0 Å². The number of hydrogen-bond donors (Lipinski definition) is 4. The Morgan fingerprint density at radius 3 is 2.68 bits per heavy atom. The van der Waals surface area contributed by atoms with Gasteiger partial charge in [-0.15, -0.1) is 10.2 Å². The van der Waals surface area contributed by atoms with Gasteiger partial charge in [-0.05, 0) is 24.1 Å². The van der Waals surface area contributed by atoms with Crippen molar-refractivity contribution in [3.05, 3.63) is 5.82 Å². The van der Waals surface area contributed by atoms with Gasteiger partial charge in [-0.2, -0.15) is 5.21 Å². The van der Waals surface area contributed by atoms with Crippen LogP contribution in [-0.2, 0) is 16.0 Å².